The van der Waals surface area contributed by atoms with Gasteiger partial charge in [0.05, 0.1) is 22.0 Å². The lowest BCUT2D eigenvalue weighted by atomic mass is 10.3. The van der Waals surface area contributed by atoms with Crippen LogP contribution in [0.1, 0.15) is 6.92 Å². The van der Waals surface area contributed by atoms with Gasteiger partial charge in [-0.2, -0.15) is 18.6 Å². The molecule has 0 atom stereocenters. The van der Waals surface area contributed by atoms with Gasteiger partial charge in [0.15, 0.2) is 0 Å². The van der Waals surface area contributed by atoms with Crippen molar-refractivity contribution in [2.45, 2.75) is 11.8 Å². The largest absolute Gasteiger partial charge is 0.294 e. The molecule has 0 aliphatic heterocycles. The van der Waals surface area contributed by atoms with E-state index in [9.17, 15) is 8.42 Å². The summed E-state index contributed by atoms with van der Waals surface area (Å²) in [5, 5.41) is 8.02. The molecule has 6 nitrogen and oxygen atoms in total. The number of hydrogen-bond donors (Lipinski definition) is 1. The third kappa shape index (κ3) is 4.30. The Balaban J connectivity index is 2.14. The topological polar surface area (TPSA) is 91.5 Å². The monoisotopic (exact) mass is 303 g/mol. The van der Waals surface area contributed by atoms with Gasteiger partial charge in [-0.05, 0) is 55.5 Å². The Bertz CT molecular complexity index is 764. The molecule has 0 radical (unpaired) electrons. The Hall–Kier alpha value is -2.38. The summed E-state index contributed by atoms with van der Waals surface area (Å²) < 4.78 is 30.7. The molecule has 2 aromatic carbocycles. The maximum absolute atomic E-state index is 10.9. The molecule has 0 aromatic heterocycles. The van der Waals surface area contributed by atoms with Crippen molar-refractivity contribution < 1.29 is 13.0 Å². The average molecular weight is 303 g/mol. The number of azo groups is 1. The first kappa shape index (κ1) is 15.0. The zero-order valence-electron chi connectivity index (χ0n) is 11.2. The van der Waals surface area contributed by atoms with Gasteiger partial charge in [0.25, 0.3) is 10.1 Å². The second-order valence-electron chi connectivity index (χ2n) is 4.07. The van der Waals surface area contributed by atoms with Gasteiger partial charge >= 0.3 is 0 Å². The molecule has 7 heteroatoms. The highest BCUT2D eigenvalue weighted by Gasteiger charge is 2.07. The predicted octanol–water partition coefficient (Wildman–Crippen LogP) is 4.07. The van der Waals surface area contributed by atoms with Gasteiger partial charge in [-0.25, -0.2) is 0 Å². The Morgan fingerprint density at radius 3 is 1.71 bits per heavy atom. The van der Waals surface area contributed by atoms with Crippen LogP contribution in [-0.2, 0) is 10.1 Å². The highest BCUT2D eigenvalue weighted by atomic mass is 32.2. The smallest absolute Gasteiger partial charge is 0.282 e. The average Bonchev–Trinajstić information content (AvgIpc) is 2.46. The first-order valence-corrected chi connectivity index (χ1v) is 7.51. The van der Waals surface area contributed by atoms with Gasteiger partial charge in [-0.1, -0.05) is 0 Å². The van der Waals surface area contributed by atoms with Gasteiger partial charge in [-0.3, -0.25) is 9.55 Å². The molecule has 0 amide bonds. The maximum Gasteiger partial charge on any atom is 0.294 e. The van der Waals surface area contributed by atoms with Crippen LogP contribution < -0.4 is 0 Å². The number of hydrogen-bond acceptors (Lipinski definition) is 5. The van der Waals surface area contributed by atoms with E-state index >= 15 is 0 Å². The van der Waals surface area contributed by atoms with Crippen molar-refractivity contribution in [1.82, 2.24) is 0 Å². The minimum absolute atomic E-state index is 0.178. The van der Waals surface area contributed by atoms with Crippen LogP contribution in [0.3, 0.4) is 0 Å². The summed E-state index contributed by atoms with van der Waals surface area (Å²) in [6.45, 7) is 1.84. The number of benzene rings is 2. The summed E-state index contributed by atoms with van der Waals surface area (Å²) >= 11 is 0. The van der Waals surface area contributed by atoms with Crippen molar-refractivity contribution in [2.75, 3.05) is 0 Å². The van der Waals surface area contributed by atoms with Crippen LogP contribution in [0.2, 0.25) is 0 Å². The Morgan fingerprint density at radius 1 is 0.857 bits per heavy atom. The lowest BCUT2D eigenvalue weighted by Gasteiger charge is -1.97. The predicted molar refractivity (Wildman–Crippen MR) is 80.7 cm³/mol. The van der Waals surface area contributed by atoms with Gasteiger partial charge in [0.1, 0.15) is 0 Å². The van der Waals surface area contributed by atoms with Crippen molar-refractivity contribution in [3.05, 3.63) is 48.5 Å². The molecule has 0 saturated heterocycles. The van der Waals surface area contributed by atoms with E-state index in [1.54, 1.807) is 18.3 Å². The third-order valence-electron chi connectivity index (χ3n) is 2.54. The van der Waals surface area contributed by atoms with Crippen LogP contribution in [0, 0.1) is 0 Å². The fourth-order valence-corrected chi connectivity index (χ4v) is 2.03. The second-order valence-corrected chi connectivity index (χ2v) is 5.49. The van der Waals surface area contributed by atoms with E-state index in [-0.39, 0.29) is 4.90 Å². The summed E-state index contributed by atoms with van der Waals surface area (Å²) in [6, 6.07) is 12.6. The van der Waals surface area contributed by atoms with Gasteiger partial charge in [0, 0.05) is 6.21 Å². The molecule has 2 rings (SSSR count). The van der Waals surface area contributed by atoms with Crippen molar-refractivity contribution >= 4 is 33.4 Å². The lowest BCUT2D eigenvalue weighted by Crippen LogP contribution is -1.96. The van der Waals surface area contributed by atoms with Crippen LogP contribution in [0.4, 0.5) is 17.1 Å². The van der Waals surface area contributed by atoms with E-state index in [0.717, 1.165) is 5.69 Å². The van der Waals surface area contributed by atoms with Crippen molar-refractivity contribution in [2.24, 2.45) is 15.2 Å². The van der Waals surface area contributed by atoms with Crippen molar-refractivity contribution in [3.63, 3.8) is 0 Å². The molecule has 0 aliphatic rings. The second kappa shape index (κ2) is 6.38. The molecule has 1 N–H and O–H groups in total. The molecule has 2 aromatic rings. The first-order chi connectivity index (χ1) is 9.99. The van der Waals surface area contributed by atoms with E-state index in [2.05, 4.69) is 15.2 Å². The molecule has 108 valence electrons. The standard InChI is InChI=1S/C14H13N3O3S/c1-2-15-11-3-5-12(6-4-11)16-17-13-7-9-14(10-8-13)21(18,19)20/h2-10H,1H3,(H,18,19,20). The normalized spacial score (nSPS) is 12.3. The minimum Gasteiger partial charge on any atom is -0.282 e. The van der Waals surface area contributed by atoms with Crippen LogP contribution in [0.15, 0.2) is 68.6 Å². The Kier molecular flexibility index (Phi) is 4.56. The summed E-state index contributed by atoms with van der Waals surface area (Å²) in [4.78, 5) is 3.94. The highest BCUT2D eigenvalue weighted by Crippen LogP contribution is 2.22. The van der Waals surface area contributed by atoms with E-state index in [0.29, 0.717) is 11.4 Å². The van der Waals surface area contributed by atoms with E-state index in [1.807, 2.05) is 19.1 Å². The quantitative estimate of drug-likeness (QED) is 0.524. The molecule has 0 spiro atoms. The molecular formula is C14H13N3O3S. The number of aliphatic imine (C=N–C) groups is 1. The third-order valence-corrected chi connectivity index (χ3v) is 3.41. The molecule has 0 fully saturated rings. The van der Waals surface area contributed by atoms with Gasteiger partial charge in [0.2, 0.25) is 0 Å². The van der Waals surface area contributed by atoms with Crippen LogP contribution in [0.25, 0.3) is 0 Å². The summed E-state index contributed by atoms with van der Waals surface area (Å²) in [5.41, 5.74) is 1.97. The molecule has 21 heavy (non-hydrogen) atoms. The fraction of sp³-hybridized carbons (Fsp3) is 0.0714. The summed E-state index contributed by atoms with van der Waals surface area (Å²) in [5.74, 6) is 0. The highest BCUT2D eigenvalue weighted by molar-refractivity contribution is 7.85. The molecule has 0 aliphatic carbocycles. The van der Waals surface area contributed by atoms with Crippen molar-refractivity contribution in [3.8, 4) is 0 Å². The van der Waals surface area contributed by atoms with E-state index in [1.165, 1.54) is 24.3 Å². The maximum atomic E-state index is 10.9. The zero-order valence-corrected chi connectivity index (χ0v) is 12.0. The van der Waals surface area contributed by atoms with Gasteiger partial charge in [-0.15, -0.1) is 0 Å². The van der Waals surface area contributed by atoms with Crippen molar-refractivity contribution in [1.29, 1.82) is 0 Å². The van der Waals surface area contributed by atoms with E-state index in [4.69, 9.17) is 4.55 Å². The Labute approximate surface area is 122 Å². The molecular weight excluding hydrogens is 290 g/mol. The molecule has 0 heterocycles. The molecule has 0 bridgehead atoms. The van der Waals surface area contributed by atoms with E-state index < -0.39 is 10.1 Å². The minimum atomic E-state index is -4.18. The molecule has 0 saturated carbocycles. The van der Waals surface area contributed by atoms with Crippen LogP contribution in [0.5, 0.6) is 0 Å². The molecule has 0 unspecified atom stereocenters. The van der Waals surface area contributed by atoms with Crippen LogP contribution >= 0.6 is 0 Å². The fourth-order valence-electron chi connectivity index (χ4n) is 1.55. The summed E-state index contributed by atoms with van der Waals surface area (Å²) in [6.07, 6.45) is 1.70. The zero-order chi connectivity index (χ0) is 15.3. The Morgan fingerprint density at radius 2 is 1.29 bits per heavy atom. The number of nitrogens with zero attached hydrogens (tertiary/aromatic N) is 3. The SMILES string of the molecule is CC=Nc1ccc(N=Nc2ccc(S(=O)(=O)O)cc2)cc1. The number of rotatable bonds is 4. The summed E-state index contributed by atoms with van der Waals surface area (Å²) in [7, 11) is -4.18. The first-order valence-electron chi connectivity index (χ1n) is 6.07. The lowest BCUT2D eigenvalue weighted by molar-refractivity contribution is 0.483. The van der Waals surface area contributed by atoms with Gasteiger partial charge < -0.3 is 0 Å². The van der Waals surface area contributed by atoms with Crippen LogP contribution in [-0.4, -0.2) is 19.2 Å².